The van der Waals surface area contributed by atoms with E-state index in [1.165, 1.54) is 5.56 Å². The zero-order valence-corrected chi connectivity index (χ0v) is 8.35. The Labute approximate surface area is 79.1 Å². The number of rotatable bonds is 1. The first kappa shape index (κ1) is 7.80. The van der Waals surface area contributed by atoms with Crippen LogP contribution in [0.5, 0.6) is 0 Å². The Morgan fingerprint density at radius 1 is 1.58 bits per heavy atom. The van der Waals surface area contributed by atoms with Crippen LogP contribution in [0.2, 0.25) is 0 Å². The molecule has 0 unspecified atom stereocenters. The maximum absolute atomic E-state index is 4.33. The fraction of sp³-hybridized carbons (Fsp3) is 0.222. The van der Waals surface area contributed by atoms with E-state index in [0.717, 1.165) is 21.9 Å². The molecule has 0 radical (unpaired) electrons. The maximum Gasteiger partial charge on any atom is 0.0911 e. The molecule has 0 aliphatic carbocycles. The molecule has 2 nitrogen and oxygen atoms in total. The van der Waals surface area contributed by atoms with Crippen LogP contribution in [0, 0.1) is 0 Å². The van der Waals surface area contributed by atoms with E-state index in [-0.39, 0.29) is 0 Å². The van der Waals surface area contributed by atoms with Gasteiger partial charge in [0, 0.05) is 16.9 Å². The smallest absolute Gasteiger partial charge is 0.0911 e. The van der Waals surface area contributed by atoms with Crippen LogP contribution in [0.15, 0.2) is 22.9 Å². The lowest BCUT2D eigenvalue weighted by Crippen LogP contribution is -1.79. The lowest BCUT2D eigenvalue weighted by molar-refractivity contribution is 1.14. The highest BCUT2D eigenvalue weighted by Gasteiger charge is 2.02. The largest absolute Gasteiger partial charge is 0.360 e. The topological polar surface area (TPSA) is 28.7 Å². The summed E-state index contributed by atoms with van der Waals surface area (Å²) in [6, 6.07) is 2.04. The van der Waals surface area contributed by atoms with Gasteiger partial charge in [0.15, 0.2) is 0 Å². The predicted molar refractivity (Wildman–Crippen MR) is 53.2 cm³/mol. The van der Waals surface area contributed by atoms with Crippen LogP contribution in [0.3, 0.4) is 0 Å². The molecule has 2 aromatic heterocycles. The molecule has 2 rings (SSSR count). The molecule has 0 aliphatic rings. The van der Waals surface area contributed by atoms with Gasteiger partial charge < -0.3 is 4.98 Å². The second-order valence-corrected chi connectivity index (χ2v) is 3.63. The fourth-order valence-electron chi connectivity index (χ4n) is 1.31. The normalized spacial score (nSPS) is 10.8. The summed E-state index contributed by atoms with van der Waals surface area (Å²) >= 11 is 3.38. The molecule has 0 saturated heterocycles. The van der Waals surface area contributed by atoms with E-state index in [4.69, 9.17) is 0 Å². The zero-order valence-electron chi connectivity index (χ0n) is 6.76. The van der Waals surface area contributed by atoms with Crippen molar-refractivity contribution >= 4 is 27.0 Å². The highest BCUT2D eigenvalue weighted by molar-refractivity contribution is 9.10. The zero-order chi connectivity index (χ0) is 8.55. The van der Waals surface area contributed by atoms with E-state index in [2.05, 4.69) is 32.8 Å². The molecule has 0 aromatic carbocycles. The van der Waals surface area contributed by atoms with Gasteiger partial charge in [0.05, 0.1) is 11.0 Å². The molecule has 0 fully saturated rings. The van der Waals surface area contributed by atoms with Gasteiger partial charge in [0.1, 0.15) is 0 Å². The van der Waals surface area contributed by atoms with Crippen LogP contribution in [-0.2, 0) is 6.42 Å². The van der Waals surface area contributed by atoms with Crippen molar-refractivity contribution in [3.05, 3.63) is 28.5 Å². The molecule has 0 atom stereocenters. The molecule has 0 saturated carbocycles. The van der Waals surface area contributed by atoms with E-state index >= 15 is 0 Å². The lowest BCUT2D eigenvalue weighted by atomic mass is 10.2. The van der Waals surface area contributed by atoms with Gasteiger partial charge in [-0.3, -0.25) is 4.98 Å². The summed E-state index contributed by atoms with van der Waals surface area (Å²) in [6.45, 7) is 2.13. The van der Waals surface area contributed by atoms with Gasteiger partial charge in [-0.15, -0.1) is 0 Å². The van der Waals surface area contributed by atoms with Gasteiger partial charge in [-0.25, -0.2) is 0 Å². The van der Waals surface area contributed by atoms with Crippen molar-refractivity contribution in [2.24, 2.45) is 0 Å². The van der Waals surface area contributed by atoms with Crippen molar-refractivity contribution in [2.75, 3.05) is 0 Å². The molecule has 0 aliphatic heterocycles. The molecule has 12 heavy (non-hydrogen) atoms. The first-order valence-corrected chi connectivity index (χ1v) is 4.72. The quantitative estimate of drug-likeness (QED) is 0.794. The number of halogens is 1. The van der Waals surface area contributed by atoms with Crippen molar-refractivity contribution in [2.45, 2.75) is 13.3 Å². The van der Waals surface area contributed by atoms with Crippen LogP contribution < -0.4 is 0 Å². The summed E-state index contributed by atoms with van der Waals surface area (Å²) in [6.07, 6.45) is 4.87. The van der Waals surface area contributed by atoms with Crippen LogP contribution >= 0.6 is 15.9 Å². The van der Waals surface area contributed by atoms with E-state index in [1.54, 1.807) is 0 Å². The lowest BCUT2D eigenvalue weighted by Gasteiger charge is -1.92. The molecule has 0 amide bonds. The minimum Gasteiger partial charge on any atom is -0.360 e. The summed E-state index contributed by atoms with van der Waals surface area (Å²) in [5.41, 5.74) is 3.46. The Kier molecular flexibility index (Phi) is 1.89. The van der Waals surface area contributed by atoms with Crippen LogP contribution in [0.25, 0.3) is 11.0 Å². The van der Waals surface area contributed by atoms with Crippen LogP contribution in [-0.4, -0.2) is 9.97 Å². The second-order valence-electron chi connectivity index (χ2n) is 2.72. The number of fused-ring (bicyclic) bond motifs is 1. The number of pyridine rings is 1. The Balaban J connectivity index is 2.73. The van der Waals surface area contributed by atoms with E-state index in [9.17, 15) is 0 Å². The number of H-pyrrole nitrogens is 1. The van der Waals surface area contributed by atoms with Gasteiger partial charge in [0.2, 0.25) is 0 Å². The summed E-state index contributed by atoms with van der Waals surface area (Å²) in [5.74, 6) is 0. The van der Waals surface area contributed by atoms with Crippen LogP contribution in [0.1, 0.15) is 12.5 Å². The molecule has 62 valence electrons. The Hall–Kier alpha value is -0.830. The molecular weight excluding hydrogens is 216 g/mol. The summed E-state index contributed by atoms with van der Waals surface area (Å²) in [7, 11) is 0. The van der Waals surface area contributed by atoms with E-state index in [1.807, 2.05) is 18.5 Å². The number of hydrogen-bond acceptors (Lipinski definition) is 1. The Bertz CT molecular complexity index is 406. The van der Waals surface area contributed by atoms with Crippen molar-refractivity contribution in [1.82, 2.24) is 9.97 Å². The number of nitrogens with zero attached hydrogens (tertiary/aromatic N) is 1. The number of aryl methyl sites for hydroxylation is 1. The van der Waals surface area contributed by atoms with Gasteiger partial charge in [-0.2, -0.15) is 0 Å². The molecule has 3 heteroatoms. The average molecular weight is 225 g/mol. The molecule has 2 heterocycles. The standard InChI is InChI=1S/C9H9BrN2/c1-2-6-4-11-8-3-7(10)5-12-9(6)8/h3-5,11H,2H2,1H3. The van der Waals surface area contributed by atoms with E-state index in [0.29, 0.717) is 0 Å². The van der Waals surface area contributed by atoms with Crippen molar-refractivity contribution < 1.29 is 0 Å². The molecule has 2 aromatic rings. The third-order valence-electron chi connectivity index (χ3n) is 1.94. The SMILES string of the molecule is CCc1c[nH]c2cc(Br)cnc12. The molecule has 0 spiro atoms. The summed E-state index contributed by atoms with van der Waals surface area (Å²) < 4.78 is 1.01. The van der Waals surface area contributed by atoms with Crippen LogP contribution in [0.4, 0.5) is 0 Å². The van der Waals surface area contributed by atoms with Gasteiger partial charge in [-0.1, -0.05) is 6.92 Å². The summed E-state index contributed by atoms with van der Waals surface area (Å²) in [4.78, 5) is 7.52. The van der Waals surface area contributed by atoms with E-state index < -0.39 is 0 Å². The molecule has 0 bridgehead atoms. The monoisotopic (exact) mass is 224 g/mol. The Morgan fingerprint density at radius 2 is 2.42 bits per heavy atom. The fourth-order valence-corrected chi connectivity index (χ4v) is 1.64. The minimum atomic E-state index is 1.01. The summed E-state index contributed by atoms with van der Waals surface area (Å²) in [5, 5.41) is 0. The maximum atomic E-state index is 4.33. The minimum absolute atomic E-state index is 1.01. The third kappa shape index (κ3) is 1.14. The van der Waals surface area contributed by atoms with Gasteiger partial charge in [0.25, 0.3) is 0 Å². The number of aromatic nitrogens is 2. The first-order chi connectivity index (χ1) is 5.81. The van der Waals surface area contributed by atoms with Gasteiger partial charge in [-0.05, 0) is 34.0 Å². The van der Waals surface area contributed by atoms with Gasteiger partial charge >= 0.3 is 0 Å². The number of nitrogens with one attached hydrogen (secondary N) is 1. The Morgan fingerprint density at radius 3 is 3.17 bits per heavy atom. The predicted octanol–water partition coefficient (Wildman–Crippen LogP) is 2.89. The van der Waals surface area contributed by atoms with Crippen molar-refractivity contribution in [1.29, 1.82) is 0 Å². The highest BCUT2D eigenvalue weighted by atomic mass is 79.9. The second kappa shape index (κ2) is 2.90. The molecule has 1 N–H and O–H groups in total. The van der Waals surface area contributed by atoms with Crippen molar-refractivity contribution in [3.63, 3.8) is 0 Å². The third-order valence-corrected chi connectivity index (χ3v) is 2.37. The first-order valence-electron chi connectivity index (χ1n) is 3.92. The number of aromatic amines is 1. The highest BCUT2D eigenvalue weighted by Crippen LogP contribution is 2.19. The number of hydrogen-bond donors (Lipinski definition) is 1. The molecular formula is C9H9BrN2. The average Bonchev–Trinajstić information content (AvgIpc) is 2.46. The van der Waals surface area contributed by atoms with Crippen molar-refractivity contribution in [3.8, 4) is 0 Å².